The summed E-state index contributed by atoms with van der Waals surface area (Å²) >= 11 is 13.6. The number of anilines is 1. The molecule has 0 unspecified atom stereocenters. The van der Waals surface area contributed by atoms with E-state index in [2.05, 4.69) is 20.4 Å². The van der Waals surface area contributed by atoms with Crippen LogP contribution < -0.4 is 5.32 Å². The van der Waals surface area contributed by atoms with Crippen LogP contribution in [0, 0.1) is 13.8 Å². The normalized spacial score (nSPS) is 11.1. The summed E-state index contributed by atoms with van der Waals surface area (Å²) in [6.45, 7) is 3.89. The number of aromatic nitrogens is 4. The molecule has 4 aromatic rings. The molecule has 0 saturated carbocycles. The Morgan fingerprint density at radius 1 is 1.10 bits per heavy atom. The average molecular weight is 458 g/mol. The van der Waals surface area contributed by atoms with Gasteiger partial charge in [0.25, 0.3) is 11.7 Å². The van der Waals surface area contributed by atoms with Gasteiger partial charge in [-0.15, -0.1) is 5.10 Å². The molecule has 9 heteroatoms. The minimum Gasteiger partial charge on any atom is -0.321 e. The van der Waals surface area contributed by atoms with E-state index in [1.54, 1.807) is 28.8 Å². The van der Waals surface area contributed by atoms with Gasteiger partial charge in [-0.1, -0.05) is 53.2 Å². The van der Waals surface area contributed by atoms with Crippen LogP contribution in [-0.2, 0) is 5.75 Å². The summed E-state index contributed by atoms with van der Waals surface area (Å²) in [5, 5.41) is 8.85. The highest BCUT2D eigenvalue weighted by Gasteiger charge is 2.15. The Morgan fingerprint density at radius 2 is 1.90 bits per heavy atom. The molecular weight excluding hydrogens is 441 g/mol. The molecule has 1 amide bonds. The molecular formula is C21H17Cl2N5OS. The summed E-state index contributed by atoms with van der Waals surface area (Å²) in [5.74, 6) is 0.859. The van der Waals surface area contributed by atoms with Crippen LogP contribution in [0.5, 0.6) is 0 Å². The van der Waals surface area contributed by atoms with E-state index >= 15 is 0 Å². The first-order valence-electron chi connectivity index (χ1n) is 9.09. The van der Waals surface area contributed by atoms with Crippen molar-refractivity contribution in [1.82, 2.24) is 19.6 Å². The van der Waals surface area contributed by atoms with Gasteiger partial charge in [0.1, 0.15) is 0 Å². The van der Waals surface area contributed by atoms with Gasteiger partial charge in [-0.25, -0.2) is 9.50 Å². The molecule has 0 atom stereocenters. The average Bonchev–Trinajstić information content (AvgIpc) is 3.12. The van der Waals surface area contributed by atoms with Crippen LogP contribution in [0.1, 0.15) is 27.3 Å². The van der Waals surface area contributed by atoms with Crippen molar-refractivity contribution in [3.63, 3.8) is 0 Å². The molecule has 0 spiro atoms. The fraction of sp³-hybridized carbons (Fsp3) is 0.143. The van der Waals surface area contributed by atoms with Crippen molar-refractivity contribution in [2.75, 3.05) is 5.32 Å². The molecule has 6 nitrogen and oxygen atoms in total. The summed E-state index contributed by atoms with van der Waals surface area (Å²) in [5.41, 5.74) is 3.80. The Labute approximate surface area is 187 Å². The smallest absolute Gasteiger partial charge is 0.256 e. The summed E-state index contributed by atoms with van der Waals surface area (Å²) in [7, 11) is 0. The van der Waals surface area contributed by atoms with E-state index in [4.69, 9.17) is 23.2 Å². The van der Waals surface area contributed by atoms with Crippen molar-refractivity contribution in [3.8, 4) is 0 Å². The highest BCUT2D eigenvalue weighted by molar-refractivity contribution is 7.98. The minimum absolute atomic E-state index is 0.244. The second-order valence-corrected chi connectivity index (χ2v) is 8.46. The van der Waals surface area contributed by atoms with E-state index in [-0.39, 0.29) is 5.91 Å². The van der Waals surface area contributed by atoms with Crippen molar-refractivity contribution in [2.24, 2.45) is 0 Å². The molecule has 2 aromatic carbocycles. The van der Waals surface area contributed by atoms with Crippen LogP contribution in [0.15, 0.2) is 53.7 Å². The molecule has 1 N–H and O–H groups in total. The summed E-state index contributed by atoms with van der Waals surface area (Å²) in [6, 6.07) is 14.3. The zero-order chi connectivity index (χ0) is 21.3. The van der Waals surface area contributed by atoms with Gasteiger partial charge < -0.3 is 5.32 Å². The van der Waals surface area contributed by atoms with E-state index in [0.717, 1.165) is 17.0 Å². The van der Waals surface area contributed by atoms with Gasteiger partial charge in [-0.3, -0.25) is 4.79 Å². The minimum atomic E-state index is -0.244. The summed E-state index contributed by atoms with van der Waals surface area (Å²) in [4.78, 5) is 21.7. The van der Waals surface area contributed by atoms with Gasteiger partial charge in [0.05, 0.1) is 10.7 Å². The third-order valence-corrected chi connectivity index (χ3v) is 5.83. The monoisotopic (exact) mass is 457 g/mol. The Morgan fingerprint density at radius 3 is 2.70 bits per heavy atom. The lowest BCUT2D eigenvalue weighted by atomic mass is 10.1. The number of hydrogen-bond donors (Lipinski definition) is 1. The largest absolute Gasteiger partial charge is 0.321 e. The molecule has 30 heavy (non-hydrogen) atoms. The van der Waals surface area contributed by atoms with Crippen LogP contribution in [0.2, 0.25) is 10.0 Å². The quantitative estimate of drug-likeness (QED) is 0.395. The number of fused-ring (bicyclic) bond motifs is 1. The first kappa shape index (κ1) is 20.7. The standard InChI is InChI=1S/C21H17Cl2N5OS/c1-12-9-13(2)28-20(24-12)26-21(27-28)30-11-14-5-3-4-6-16(14)19(29)25-18-8-7-15(22)10-17(18)23/h3-10H,11H2,1-2H3,(H,25,29). The Bertz CT molecular complexity index is 1260. The molecule has 0 saturated heterocycles. The van der Waals surface area contributed by atoms with E-state index in [1.165, 1.54) is 11.8 Å². The lowest BCUT2D eigenvalue weighted by Gasteiger charge is -2.11. The Hall–Kier alpha value is -2.61. The molecule has 152 valence electrons. The van der Waals surface area contributed by atoms with Crippen molar-refractivity contribution in [1.29, 1.82) is 0 Å². The zero-order valence-corrected chi connectivity index (χ0v) is 18.5. The third-order valence-electron chi connectivity index (χ3n) is 4.40. The van der Waals surface area contributed by atoms with Crippen LogP contribution in [0.3, 0.4) is 0 Å². The topological polar surface area (TPSA) is 72.2 Å². The maximum atomic E-state index is 12.8. The van der Waals surface area contributed by atoms with Crippen LogP contribution >= 0.6 is 35.0 Å². The number of halogens is 2. The van der Waals surface area contributed by atoms with Gasteiger partial charge in [0, 0.05) is 27.7 Å². The second-order valence-electron chi connectivity index (χ2n) is 6.67. The number of rotatable bonds is 5. The number of aryl methyl sites for hydroxylation is 2. The number of nitrogens with zero attached hydrogens (tertiary/aromatic N) is 4. The van der Waals surface area contributed by atoms with E-state index in [9.17, 15) is 4.79 Å². The molecule has 0 aliphatic heterocycles. The van der Waals surface area contributed by atoms with E-state index in [1.807, 2.05) is 38.1 Å². The molecule has 2 heterocycles. The fourth-order valence-corrected chi connectivity index (χ4v) is 4.28. The zero-order valence-electron chi connectivity index (χ0n) is 16.2. The van der Waals surface area contributed by atoms with Crippen molar-refractivity contribution in [3.05, 3.63) is 81.1 Å². The number of amides is 1. The first-order chi connectivity index (χ1) is 14.4. The van der Waals surface area contributed by atoms with Crippen LogP contribution in [0.4, 0.5) is 5.69 Å². The van der Waals surface area contributed by atoms with Gasteiger partial charge in [0.15, 0.2) is 0 Å². The summed E-state index contributed by atoms with van der Waals surface area (Å²) < 4.78 is 1.72. The van der Waals surface area contributed by atoms with Crippen molar-refractivity contribution in [2.45, 2.75) is 24.8 Å². The van der Waals surface area contributed by atoms with Crippen LogP contribution in [-0.4, -0.2) is 25.5 Å². The van der Waals surface area contributed by atoms with Gasteiger partial charge >= 0.3 is 0 Å². The maximum absolute atomic E-state index is 12.8. The third kappa shape index (κ3) is 4.43. The molecule has 0 aliphatic rings. The van der Waals surface area contributed by atoms with Gasteiger partial charge in [-0.2, -0.15) is 4.98 Å². The van der Waals surface area contributed by atoms with Crippen LogP contribution in [0.25, 0.3) is 5.78 Å². The predicted octanol–water partition coefficient (Wildman–Crippen LogP) is 5.59. The second kappa shape index (κ2) is 8.63. The number of hydrogen-bond acceptors (Lipinski definition) is 5. The predicted molar refractivity (Wildman–Crippen MR) is 121 cm³/mol. The first-order valence-corrected chi connectivity index (χ1v) is 10.8. The number of carbonyl (C=O) groups excluding carboxylic acids is 1. The SMILES string of the molecule is Cc1cc(C)n2nc(SCc3ccccc3C(=O)Nc3ccc(Cl)cc3Cl)nc2n1. The molecule has 4 rings (SSSR count). The summed E-state index contributed by atoms with van der Waals surface area (Å²) in [6.07, 6.45) is 0. The highest BCUT2D eigenvalue weighted by Crippen LogP contribution is 2.27. The van der Waals surface area contributed by atoms with E-state index < -0.39 is 0 Å². The highest BCUT2D eigenvalue weighted by atomic mass is 35.5. The molecule has 0 aliphatic carbocycles. The Kier molecular flexibility index (Phi) is 5.94. The lowest BCUT2D eigenvalue weighted by Crippen LogP contribution is -2.14. The van der Waals surface area contributed by atoms with E-state index in [0.29, 0.717) is 38.0 Å². The number of thioether (sulfide) groups is 1. The van der Waals surface area contributed by atoms with Gasteiger partial charge in [-0.05, 0) is 49.7 Å². The lowest BCUT2D eigenvalue weighted by molar-refractivity contribution is 0.102. The van der Waals surface area contributed by atoms with Crippen molar-refractivity contribution < 1.29 is 4.79 Å². The number of nitrogens with one attached hydrogen (secondary N) is 1. The molecule has 0 radical (unpaired) electrons. The molecule has 2 aromatic heterocycles. The van der Waals surface area contributed by atoms with Gasteiger partial charge in [0.2, 0.25) is 5.16 Å². The molecule has 0 bridgehead atoms. The Balaban J connectivity index is 1.53. The molecule has 0 fully saturated rings. The number of carbonyl (C=O) groups is 1. The van der Waals surface area contributed by atoms with Crippen molar-refractivity contribution >= 4 is 52.3 Å². The maximum Gasteiger partial charge on any atom is 0.256 e. The fourth-order valence-electron chi connectivity index (χ4n) is 3.00. The number of benzene rings is 2.